The van der Waals surface area contributed by atoms with Gasteiger partial charge in [-0.3, -0.25) is 4.79 Å². The normalized spacial score (nSPS) is 13.2. The minimum atomic E-state index is -0.818. The first-order valence-electron chi connectivity index (χ1n) is 5.15. The van der Waals surface area contributed by atoms with Gasteiger partial charge < -0.3 is 10.1 Å². The average molecular weight is 223 g/mol. The number of hydrogen-bond acceptors (Lipinski definition) is 5. The van der Waals surface area contributed by atoms with Gasteiger partial charge in [-0.1, -0.05) is 12.1 Å². The van der Waals surface area contributed by atoms with Crippen LogP contribution in [-0.4, -0.2) is 30.1 Å². The molecule has 2 N–H and O–H groups in total. The van der Waals surface area contributed by atoms with Crippen molar-refractivity contribution in [3.05, 3.63) is 16.2 Å². The predicted molar refractivity (Wildman–Crippen MR) is 56.9 cm³/mol. The number of aliphatic hydroxyl groups excluding tert-OH is 1. The number of rotatable bonds is 3. The lowest BCUT2D eigenvalue weighted by Gasteiger charge is -2.03. The smallest absolute Gasteiger partial charge is 0.281 e. The highest BCUT2D eigenvalue weighted by Gasteiger charge is 2.13. The molecule has 2 aromatic rings. The Bertz CT molecular complexity index is 557. The number of nitrogens with zero attached hydrogens (tertiary/aromatic N) is 4. The molecule has 1 atom stereocenters. The van der Waals surface area contributed by atoms with Crippen LogP contribution in [0.25, 0.3) is 11.2 Å². The zero-order chi connectivity index (χ0) is 11.7. The van der Waals surface area contributed by atoms with Crippen molar-refractivity contribution in [2.75, 3.05) is 0 Å². The predicted octanol–water partition coefficient (Wildman–Crippen LogP) is -0.0221. The van der Waals surface area contributed by atoms with E-state index in [-0.39, 0.29) is 16.9 Å². The second-order valence-electron chi connectivity index (χ2n) is 3.61. The molecule has 16 heavy (non-hydrogen) atoms. The SMILES string of the molecule is CCCn1nnc2c(=O)[nH]c([C@H](C)O)nc21. The maximum Gasteiger partial charge on any atom is 0.281 e. The summed E-state index contributed by atoms with van der Waals surface area (Å²) in [5.74, 6) is 0.233. The van der Waals surface area contributed by atoms with Gasteiger partial charge in [0.25, 0.3) is 5.56 Å². The Kier molecular flexibility index (Phi) is 2.69. The second-order valence-corrected chi connectivity index (χ2v) is 3.61. The summed E-state index contributed by atoms with van der Waals surface area (Å²) in [6, 6.07) is 0. The largest absolute Gasteiger partial charge is 0.385 e. The maximum absolute atomic E-state index is 11.6. The molecule has 0 amide bonds. The van der Waals surface area contributed by atoms with Crippen molar-refractivity contribution >= 4 is 11.2 Å². The quantitative estimate of drug-likeness (QED) is 0.762. The molecule has 2 rings (SSSR count). The van der Waals surface area contributed by atoms with Gasteiger partial charge in [0.2, 0.25) is 0 Å². The monoisotopic (exact) mass is 223 g/mol. The van der Waals surface area contributed by atoms with E-state index in [1.807, 2.05) is 6.92 Å². The summed E-state index contributed by atoms with van der Waals surface area (Å²) in [7, 11) is 0. The van der Waals surface area contributed by atoms with Crippen LogP contribution in [-0.2, 0) is 6.54 Å². The van der Waals surface area contributed by atoms with Crippen molar-refractivity contribution in [1.29, 1.82) is 0 Å². The number of H-pyrrole nitrogens is 1. The number of fused-ring (bicyclic) bond motifs is 1. The molecule has 86 valence electrons. The Labute approximate surface area is 91.1 Å². The van der Waals surface area contributed by atoms with Gasteiger partial charge in [0, 0.05) is 6.54 Å². The summed E-state index contributed by atoms with van der Waals surface area (Å²) in [4.78, 5) is 18.2. The lowest BCUT2D eigenvalue weighted by atomic mass is 10.3. The third-order valence-corrected chi connectivity index (χ3v) is 2.22. The Balaban J connectivity index is 2.66. The van der Waals surface area contributed by atoms with Gasteiger partial charge in [-0.2, -0.15) is 0 Å². The molecule has 7 heteroatoms. The lowest BCUT2D eigenvalue weighted by molar-refractivity contribution is 0.189. The highest BCUT2D eigenvalue weighted by Crippen LogP contribution is 2.08. The van der Waals surface area contributed by atoms with E-state index in [9.17, 15) is 9.90 Å². The van der Waals surface area contributed by atoms with E-state index in [0.717, 1.165) is 6.42 Å². The Morgan fingerprint density at radius 3 is 2.94 bits per heavy atom. The zero-order valence-electron chi connectivity index (χ0n) is 9.14. The molecule has 0 unspecified atom stereocenters. The molecule has 2 aromatic heterocycles. The third kappa shape index (κ3) is 1.69. The standard InChI is InChI=1S/C9H13N5O2/c1-3-4-14-8-6(12-13-14)9(16)11-7(10-8)5(2)15/h5,15H,3-4H2,1-2H3,(H,10,11,16)/t5-/m0/s1. The van der Waals surface area contributed by atoms with Crippen molar-refractivity contribution in [2.24, 2.45) is 0 Å². The first kappa shape index (κ1) is 10.7. The average Bonchev–Trinajstić information content (AvgIpc) is 2.63. The molecule has 0 aromatic carbocycles. The highest BCUT2D eigenvalue weighted by molar-refractivity contribution is 5.67. The summed E-state index contributed by atoms with van der Waals surface area (Å²) in [6.07, 6.45) is 0.0545. The number of aliphatic hydroxyl groups is 1. The number of aryl methyl sites for hydroxylation is 1. The molecule has 0 aliphatic carbocycles. The molecule has 0 aliphatic rings. The molecule has 0 aliphatic heterocycles. The molecule has 0 saturated carbocycles. The Morgan fingerprint density at radius 2 is 2.31 bits per heavy atom. The topological polar surface area (TPSA) is 96.7 Å². The highest BCUT2D eigenvalue weighted by atomic mass is 16.3. The fourth-order valence-corrected chi connectivity index (χ4v) is 1.44. The van der Waals surface area contributed by atoms with E-state index in [2.05, 4.69) is 20.3 Å². The van der Waals surface area contributed by atoms with E-state index in [1.165, 1.54) is 6.92 Å². The van der Waals surface area contributed by atoms with Crippen molar-refractivity contribution in [2.45, 2.75) is 32.9 Å². The molecule has 7 nitrogen and oxygen atoms in total. The first-order valence-corrected chi connectivity index (χ1v) is 5.15. The van der Waals surface area contributed by atoms with Crippen molar-refractivity contribution in [1.82, 2.24) is 25.0 Å². The summed E-state index contributed by atoms with van der Waals surface area (Å²) in [5, 5.41) is 17.0. The van der Waals surface area contributed by atoms with E-state index < -0.39 is 6.10 Å². The fourth-order valence-electron chi connectivity index (χ4n) is 1.44. The minimum absolute atomic E-state index is 0.206. The van der Waals surface area contributed by atoms with Crippen LogP contribution in [0.1, 0.15) is 32.2 Å². The molecule has 2 heterocycles. The van der Waals surface area contributed by atoms with Crippen molar-refractivity contribution < 1.29 is 5.11 Å². The van der Waals surface area contributed by atoms with Gasteiger partial charge in [0.15, 0.2) is 11.2 Å². The minimum Gasteiger partial charge on any atom is -0.385 e. The molecule has 0 bridgehead atoms. The summed E-state index contributed by atoms with van der Waals surface area (Å²) >= 11 is 0. The van der Waals surface area contributed by atoms with Gasteiger partial charge in [-0.05, 0) is 13.3 Å². The van der Waals surface area contributed by atoms with Crippen LogP contribution in [0.5, 0.6) is 0 Å². The molecule has 0 radical (unpaired) electrons. The Morgan fingerprint density at radius 1 is 1.56 bits per heavy atom. The van der Waals surface area contributed by atoms with Gasteiger partial charge in [-0.15, -0.1) is 5.10 Å². The van der Waals surface area contributed by atoms with Gasteiger partial charge in [0.05, 0.1) is 0 Å². The van der Waals surface area contributed by atoms with Gasteiger partial charge in [-0.25, -0.2) is 9.67 Å². The Hall–Kier alpha value is -1.76. The van der Waals surface area contributed by atoms with Gasteiger partial charge in [0.1, 0.15) is 11.9 Å². The molecular weight excluding hydrogens is 210 g/mol. The van der Waals surface area contributed by atoms with Gasteiger partial charge >= 0.3 is 0 Å². The number of hydrogen-bond donors (Lipinski definition) is 2. The van der Waals surface area contributed by atoms with E-state index in [1.54, 1.807) is 4.68 Å². The van der Waals surface area contributed by atoms with Crippen LogP contribution in [0.15, 0.2) is 4.79 Å². The fraction of sp³-hybridized carbons (Fsp3) is 0.556. The molecule has 0 saturated heterocycles. The number of nitrogens with one attached hydrogen (secondary N) is 1. The molecular formula is C9H13N5O2. The van der Waals surface area contributed by atoms with Crippen LogP contribution in [0.3, 0.4) is 0 Å². The van der Waals surface area contributed by atoms with Crippen LogP contribution in [0.2, 0.25) is 0 Å². The van der Waals surface area contributed by atoms with Crippen LogP contribution >= 0.6 is 0 Å². The van der Waals surface area contributed by atoms with E-state index >= 15 is 0 Å². The van der Waals surface area contributed by atoms with Crippen molar-refractivity contribution in [3.63, 3.8) is 0 Å². The molecule has 0 fully saturated rings. The maximum atomic E-state index is 11.6. The van der Waals surface area contributed by atoms with E-state index in [0.29, 0.717) is 12.2 Å². The first-order chi connectivity index (χ1) is 7.63. The van der Waals surface area contributed by atoms with Crippen LogP contribution < -0.4 is 5.56 Å². The zero-order valence-corrected chi connectivity index (χ0v) is 9.14. The van der Waals surface area contributed by atoms with Crippen LogP contribution in [0, 0.1) is 0 Å². The van der Waals surface area contributed by atoms with E-state index in [4.69, 9.17) is 0 Å². The number of aromatic amines is 1. The summed E-state index contributed by atoms with van der Waals surface area (Å²) in [6.45, 7) is 4.18. The summed E-state index contributed by atoms with van der Waals surface area (Å²) < 4.78 is 1.57. The third-order valence-electron chi connectivity index (χ3n) is 2.22. The lowest BCUT2D eigenvalue weighted by Crippen LogP contribution is -2.14. The van der Waals surface area contributed by atoms with Crippen LogP contribution in [0.4, 0.5) is 0 Å². The summed E-state index contributed by atoms with van der Waals surface area (Å²) in [5.41, 5.74) is 0.252. The second kappa shape index (κ2) is 4.01. The number of aromatic nitrogens is 5. The van der Waals surface area contributed by atoms with Crippen molar-refractivity contribution in [3.8, 4) is 0 Å². The molecule has 0 spiro atoms.